The largest absolute Gasteiger partial charge is 0.486 e. The molecule has 2 N–H and O–H groups in total. The third-order valence-corrected chi connectivity index (χ3v) is 5.30. The summed E-state index contributed by atoms with van der Waals surface area (Å²) in [6, 6.07) is 18.2. The number of quaternary nitrogens is 1. The van der Waals surface area contributed by atoms with E-state index < -0.39 is 6.10 Å². The van der Waals surface area contributed by atoms with E-state index in [1.165, 1.54) is 10.6 Å². The minimum atomic E-state index is -0.463. The van der Waals surface area contributed by atoms with Crippen LogP contribution in [0.5, 0.6) is 11.5 Å². The lowest BCUT2D eigenvalue weighted by molar-refractivity contribution is -0.903. The number of anilines is 1. The van der Waals surface area contributed by atoms with E-state index in [2.05, 4.69) is 29.2 Å². The normalized spacial score (nSPS) is 20.8. The standard InChI is InChI=1S/C22H28N2O4/c25-19(14-23-10-12-24(13-11-23)18-6-2-1-3-7-18)15-26-16-20-17-27-21-8-4-5-9-22(21)28-20/h1-9,19-20,25H,10-17H2/p+1/t19-,20+/m1/s1. The minimum Gasteiger partial charge on any atom is -0.486 e. The lowest BCUT2D eigenvalue weighted by atomic mass is 10.2. The van der Waals surface area contributed by atoms with Gasteiger partial charge in [-0.05, 0) is 24.3 Å². The monoisotopic (exact) mass is 385 g/mol. The van der Waals surface area contributed by atoms with Gasteiger partial charge in [0, 0.05) is 5.69 Å². The molecule has 0 spiro atoms. The second-order valence-corrected chi connectivity index (χ2v) is 7.47. The second kappa shape index (κ2) is 9.28. The van der Waals surface area contributed by atoms with Gasteiger partial charge in [0.1, 0.15) is 19.3 Å². The molecule has 6 nitrogen and oxygen atoms in total. The van der Waals surface area contributed by atoms with Crippen LogP contribution in [-0.2, 0) is 4.74 Å². The summed E-state index contributed by atoms with van der Waals surface area (Å²) in [7, 11) is 0. The first-order valence-corrected chi connectivity index (χ1v) is 10.1. The number of ether oxygens (including phenoxy) is 3. The SMILES string of the molecule is O[C@@H](COC[C@H]1COc2ccccc2O1)C[NH+]1CCN(c2ccccc2)CC1. The first kappa shape index (κ1) is 19.1. The number of aliphatic hydroxyl groups excluding tert-OH is 1. The lowest BCUT2D eigenvalue weighted by Gasteiger charge is -2.34. The average molecular weight is 385 g/mol. The number of benzene rings is 2. The van der Waals surface area contributed by atoms with E-state index in [9.17, 15) is 5.11 Å². The van der Waals surface area contributed by atoms with Crippen LogP contribution in [0.1, 0.15) is 0 Å². The molecule has 0 bridgehead atoms. The van der Waals surface area contributed by atoms with Crippen LogP contribution in [-0.4, -0.2) is 69.9 Å². The number of hydrogen-bond donors (Lipinski definition) is 2. The Morgan fingerprint density at radius 2 is 1.75 bits per heavy atom. The first-order valence-electron chi connectivity index (χ1n) is 10.1. The number of piperazine rings is 1. The molecule has 6 heteroatoms. The van der Waals surface area contributed by atoms with Gasteiger partial charge in [0.05, 0.1) is 39.4 Å². The fourth-order valence-electron chi connectivity index (χ4n) is 3.80. The van der Waals surface area contributed by atoms with Crippen molar-refractivity contribution in [2.75, 3.05) is 57.4 Å². The molecule has 2 aliphatic rings. The molecule has 2 aromatic carbocycles. The summed E-state index contributed by atoms with van der Waals surface area (Å²) in [5, 5.41) is 10.3. The Hall–Kier alpha value is -2.28. The molecule has 0 aliphatic carbocycles. The zero-order chi connectivity index (χ0) is 19.2. The molecule has 1 fully saturated rings. The predicted octanol–water partition coefficient (Wildman–Crippen LogP) is 0.609. The number of aliphatic hydroxyl groups is 1. The minimum absolute atomic E-state index is 0.135. The van der Waals surface area contributed by atoms with E-state index in [0.717, 1.165) is 37.7 Å². The van der Waals surface area contributed by atoms with Crippen LogP contribution in [0.15, 0.2) is 54.6 Å². The third kappa shape index (κ3) is 4.95. The number of para-hydroxylation sites is 3. The van der Waals surface area contributed by atoms with Gasteiger partial charge in [-0.1, -0.05) is 30.3 Å². The summed E-state index contributed by atoms with van der Waals surface area (Å²) >= 11 is 0. The Kier molecular flexibility index (Phi) is 6.31. The molecule has 2 atom stereocenters. The highest BCUT2D eigenvalue weighted by molar-refractivity contribution is 5.46. The van der Waals surface area contributed by atoms with Crippen molar-refractivity contribution in [1.29, 1.82) is 0 Å². The van der Waals surface area contributed by atoms with Crippen molar-refractivity contribution in [2.24, 2.45) is 0 Å². The van der Waals surface area contributed by atoms with E-state index in [0.29, 0.717) is 26.4 Å². The molecule has 2 aliphatic heterocycles. The van der Waals surface area contributed by atoms with Gasteiger partial charge in [0.15, 0.2) is 17.6 Å². The fourth-order valence-corrected chi connectivity index (χ4v) is 3.80. The topological polar surface area (TPSA) is 55.6 Å². The highest BCUT2D eigenvalue weighted by atomic mass is 16.6. The molecule has 1 saturated heterocycles. The predicted molar refractivity (Wildman–Crippen MR) is 107 cm³/mol. The van der Waals surface area contributed by atoms with Crippen LogP contribution in [0.25, 0.3) is 0 Å². The zero-order valence-electron chi connectivity index (χ0n) is 16.1. The quantitative estimate of drug-likeness (QED) is 0.732. The molecule has 2 aromatic rings. The molecule has 4 rings (SSSR count). The van der Waals surface area contributed by atoms with Crippen LogP contribution in [0.2, 0.25) is 0 Å². The van der Waals surface area contributed by atoms with Gasteiger partial charge in [0.2, 0.25) is 0 Å². The van der Waals surface area contributed by atoms with Crippen molar-refractivity contribution >= 4 is 5.69 Å². The number of fused-ring (bicyclic) bond motifs is 1. The highest BCUT2D eigenvalue weighted by Gasteiger charge is 2.24. The van der Waals surface area contributed by atoms with Crippen molar-refractivity contribution < 1.29 is 24.2 Å². The summed E-state index contributed by atoms with van der Waals surface area (Å²) in [6.07, 6.45) is -0.598. The molecule has 150 valence electrons. The van der Waals surface area contributed by atoms with Crippen molar-refractivity contribution in [3.63, 3.8) is 0 Å². The van der Waals surface area contributed by atoms with Gasteiger partial charge in [-0.15, -0.1) is 0 Å². The Morgan fingerprint density at radius 1 is 1.04 bits per heavy atom. The van der Waals surface area contributed by atoms with Crippen molar-refractivity contribution in [3.8, 4) is 11.5 Å². The van der Waals surface area contributed by atoms with Gasteiger partial charge in [0.25, 0.3) is 0 Å². The van der Waals surface area contributed by atoms with Gasteiger partial charge in [-0.3, -0.25) is 0 Å². The van der Waals surface area contributed by atoms with Gasteiger partial charge >= 0.3 is 0 Å². The average Bonchev–Trinajstić information content (AvgIpc) is 2.75. The van der Waals surface area contributed by atoms with Crippen LogP contribution in [0.4, 0.5) is 5.69 Å². The maximum atomic E-state index is 10.3. The summed E-state index contributed by atoms with van der Waals surface area (Å²) in [6.45, 7) is 6.02. The maximum absolute atomic E-state index is 10.3. The van der Waals surface area contributed by atoms with Gasteiger partial charge in [-0.25, -0.2) is 0 Å². The molecule has 0 unspecified atom stereocenters. The second-order valence-electron chi connectivity index (χ2n) is 7.47. The van der Waals surface area contributed by atoms with E-state index >= 15 is 0 Å². The highest BCUT2D eigenvalue weighted by Crippen LogP contribution is 2.30. The number of hydrogen-bond acceptors (Lipinski definition) is 5. The third-order valence-electron chi connectivity index (χ3n) is 5.30. The number of nitrogens with zero attached hydrogens (tertiary/aromatic N) is 1. The fraction of sp³-hybridized carbons (Fsp3) is 0.455. The summed E-state index contributed by atoms with van der Waals surface area (Å²) in [4.78, 5) is 3.83. The zero-order valence-corrected chi connectivity index (χ0v) is 16.1. The summed E-state index contributed by atoms with van der Waals surface area (Å²) < 4.78 is 17.3. The van der Waals surface area contributed by atoms with Crippen molar-refractivity contribution in [2.45, 2.75) is 12.2 Å². The van der Waals surface area contributed by atoms with E-state index in [4.69, 9.17) is 14.2 Å². The van der Waals surface area contributed by atoms with E-state index in [1.807, 2.05) is 30.3 Å². The smallest absolute Gasteiger partial charge is 0.161 e. The van der Waals surface area contributed by atoms with Crippen LogP contribution in [0.3, 0.4) is 0 Å². The van der Waals surface area contributed by atoms with Crippen LogP contribution in [0, 0.1) is 0 Å². The van der Waals surface area contributed by atoms with Crippen molar-refractivity contribution in [1.82, 2.24) is 0 Å². The first-order chi connectivity index (χ1) is 13.8. The van der Waals surface area contributed by atoms with Gasteiger partial charge in [-0.2, -0.15) is 0 Å². The molecular formula is C22H29N2O4+. The Balaban J connectivity index is 1.14. The Morgan fingerprint density at radius 3 is 2.54 bits per heavy atom. The molecule has 28 heavy (non-hydrogen) atoms. The van der Waals surface area contributed by atoms with Crippen LogP contribution >= 0.6 is 0 Å². The Bertz CT molecular complexity index is 734. The molecule has 0 aromatic heterocycles. The Labute approximate surface area is 166 Å². The molecule has 0 radical (unpaired) electrons. The van der Waals surface area contributed by atoms with E-state index in [1.54, 1.807) is 0 Å². The maximum Gasteiger partial charge on any atom is 0.161 e. The van der Waals surface area contributed by atoms with E-state index in [-0.39, 0.29) is 6.10 Å². The molecule has 0 saturated carbocycles. The molecule has 0 amide bonds. The molecular weight excluding hydrogens is 356 g/mol. The summed E-state index contributed by atoms with van der Waals surface area (Å²) in [5.74, 6) is 1.53. The van der Waals surface area contributed by atoms with Gasteiger partial charge < -0.3 is 29.1 Å². The van der Waals surface area contributed by atoms with Crippen LogP contribution < -0.4 is 19.3 Å². The lowest BCUT2D eigenvalue weighted by Crippen LogP contribution is -3.16. The number of rotatable bonds is 7. The number of nitrogens with one attached hydrogen (secondary N) is 1. The molecule has 2 heterocycles. The van der Waals surface area contributed by atoms with Crippen molar-refractivity contribution in [3.05, 3.63) is 54.6 Å². The summed E-state index contributed by atoms with van der Waals surface area (Å²) in [5.41, 5.74) is 1.28.